The van der Waals surface area contributed by atoms with Crippen LogP contribution in [0.15, 0.2) is 59.6 Å². The number of aryl methyl sites for hydroxylation is 1. The van der Waals surface area contributed by atoms with E-state index in [2.05, 4.69) is 66.2 Å². The third kappa shape index (κ3) is 4.22. The molecule has 0 aliphatic carbocycles. The second-order valence-electron chi connectivity index (χ2n) is 7.35. The highest BCUT2D eigenvalue weighted by atomic mass is 32.2. The van der Waals surface area contributed by atoms with Gasteiger partial charge in [-0.1, -0.05) is 48.0 Å². The highest BCUT2D eigenvalue weighted by Crippen LogP contribution is 2.31. The Bertz CT molecular complexity index is 923. The summed E-state index contributed by atoms with van der Waals surface area (Å²) in [6, 6.07) is 17.2. The summed E-state index contributed by atoms with van der Waals surface area (Å²) in [7, 11) is 0. The number of para-hydroxylation sites is 1. The SMILES string of the molecule is Cc1ccc(Cn2cc(SCC(=O)N3CCCCC3)c3ccccc32)cc1. The lowest BCUT2D eigenvalue weighted by Crippen LogP contribution is -2.36. The van der Waals surface area contributed by atoms with Crippen molar-refractivity contribution in [3.63, 3.8) is 0 Å². The second kappa shape index (κ2) is 8.22. The van der Waals surface area contributed by atoms with Crippen LogP contribution in [0.3, 0.4) is 0 Å². The van der Waals surface area contributed by atoms with Crippen molar-refractivity contribution in [2.24, 2.45) is 0 Å². The maximum Gasteiger partial charge on any atom is 0.232 e. The van der Waals surface area contributed by atoms with E-state index in [4.69, 9.17) is 0 Å². The van der Waals surface area contributed by atoms with Crippen molar-refractivity contribution >= 4 is 28.6 Å². The summed E-state index contributed by atoms with van der Waals surface area (Å²) < 4.78 is 2.30. The van der Waals surface area contributed by atoms with Gasteiger partial charge in [0.1, 0.15) is 0 Å². The van der Waals surface area contributed by atoms with Crippen LogP contribution in [0, 0.1) is 6.92 Å². The lowest BCUT2D eigenvalue weighted by atomic mass is 10.1. The highest BCUT2D eigenvalue weighted by molar-refractivity contribution is 8.00. The normalized spacial score (nSPS) is 14.6. The van der Waals surface area contributed by atoms with Gasteiger partial charge in [-0.25, -0.2) is 0 Å². The zero-order chi connectivity index (χ0) is 18.6. The number of carbonyl (C=O) groups excluding carboxylic acids is 1. The predicted octanol–water partition coefficient (Wildman–Crippen LogP) is 5.10. The van der Waals surface area contributed by atoms with E-state index in [-0.39, 0.29) is 5.91 Å². The van der Waals surface area contributed by atoms with Crippen molar-refractivity contribution in [3.8, 4) is 0 Å². The maximum absolute atomic E-state index is 12.5. The highest BCUT2D eigenvalue weighted by Gasteiger charge is 2.17. The summed E-state index contributed by atoms with van der Waals surface area (Å²) in [4.78, 5) is 15.8. The summed E-state index contributed by atoms with van der Waals surface area (Å²) in [6.45, 7) is 4.81. The van der Waals surface area contributed by atoms with Gasteiger partial charge >= 0.3 is 0 Å². The van der Waals surface area contributed by atoms with E-state index in [9.17, 15) is 4.79 Å². The Labute approximate surface area is 165 Å². The fourth-order valence-electron chi connectivity index (χ4n) is 3.72. The first-order valence-corrected chi connectivity index (χ1v) is 10.7. The lowest BCUT2D eigenvalue weighted by molar-refractivity contribution is -0.129. The molecule has 1 amide bonds. The molecule has 0 bridgehead atoms. The van der Waals surface area contributed by atoms with E-state index in [0.717, 1.165) is 32.5 Å². The predicted molar refractivity (Wildman–Crippen MR) is 113 cm³/mol. The van der Waals surface area contributed by atoms with Gasteiger partial charge in [-0.2, -0.15) is 0 Å². The molecule has 1 saturated heterocycles. The van der Waals surface area contributed by atoms with Gasteiger partial charge < -0.3 is 9.47 Å². The molecule has 1 aliphatic rings. The number of aromatic nitrogens is 1. The molecule has 4 rings (SSSR count). The van der Waals surface area contributed by atoms with E-state index < -0.39 is 0 Å². The number of carbonyl (C=O) groups is 1. The van der Waals surface area contributed by atoms with Gasteiger partial charge in [-0.15, -0.1) is 11.8 Å². The molecular formula is C23H26N2OS. The molecule has 4 heteroatoms. The fourth-order valence-corrected chi connectivity index (χ4v) is 4.71. The molecule has 140 valence electrons. The van der Waals surface area contributed by atoms with Crippen LogP contribution in [0.1, 0.15) is 30.4 Å². The molecule has 0 N–H and O–H groups in total. The monoisotopic (exact) mass is 378 g/mol. The number of nitrogens with zero attached hydrogens (tertiary/aromatic N) is 2. The quantitative estimate of drug-likeness (QED) is 0.577. The molecule has 0 atom stereocenters. The van der Waals surface area contributed by atoms with Crippen molar-refractivity contribution in [1.29, 1.82) is 0 Å². The number of fused-ring (bicyclic) bond motifs is 1. The van der Waals surface area contributed by atoms with E-state index in [1.807, 2.05) is 4.90 Å². The summed E-state index contributed by atoms with van der Waals surface area (Å²) in [5.74, 6) is 0.800. The third-order valence-electron chi connectivity index (χ3n) is 5.29. The minimum atomic E-state index is 0.273. The Morgan fingerprint density at radius 3 is 2.52 bits per heavy atom. The van der Waals surface area contributed by atoms with Crippen LogP contribution >= 0.6 is 11.8 Å². The first-order valence-electron chi connectivity index (χ1n) is 9.75. The van der Waals surface area contributed by atoms with Gasteiger partial charge in [-0.3, -0.25) is 4.79 Å². The summed E-state index contributed by atoms with van der Waals surface area (Å²) in [5, 5.41) is 1.24. The molecule has 2 aromatic carbocycles. The van der Waals surface area contributed by atoms with E-state index in [0.29, 0.717) is 5.75 Å². The molecule has 1 aromatic heterocycles. The number of thioether (sulfide) groups is 1. The van der Waals surface area contributed by atoms with E-state index in [1.165, 1.54) is 33.3 Å². The number of amides is 1. The fraction of sp³-hybridized carbons (Fsp3) is 0.348. The maximum atomic E-state index is 12.5. The first-order chi connectivity index (χ1) is 13.2. The van der Waals surface area contributed by atoms with Crippen LogP contribution in [0.25, 0.3) is 10.9 Å². The molecular weight excluding hydrogens is 352 g/mol. The Kier molecular flexibility index (Phi) is 5.53. The molecule has 1 aliphatic heterocycles. The van der Waals surface area contributed by atoms with Crippen LogP contribution < -0.4 is 0 Å². The third-order valence-corrected chi connectivity index (χ3v) is 6.31. The van der Waals surface area contributed by atoms with E-state index >= 15 is 0 Å². The molecule has 0 saturated carbocycles. The summed E-state index contributed by atoms with van der Waals surface area (Å²) in [5.41, 5.74) is 3.80. The van der Waals surface area contributed by atoms with Crippen LogP contribution in [0.4, 0.5) is 0 Å². The Balaban J connectivity index is 1.52. The molecule has 3 nitrogen and oxygen atoms in total. The zero-order valence-corrected chi connectivity index (χ0v) is 16.7. The van der Waals surface area contributed by atoms with Crippen molar-refractivity contribution < 1.29 is 4.79 Å². The standard InChI is InChI=1S/C23H26N2OS/c1-18-9-11-19(12-10-18)15-25-16-22(20-7-3-4-8-21(20)25)27-17-23(26)24-13-5-2-6-14-24/h3-4,7-12,16H,2,5-6,13-15,17H2,1H3. The molecule has 3 aromatic rings. The molecule has 0 radical (unpaired) electrons. The zero-order valence-electron chi connectivity index (χ0n) is 15.9. The number of piperidine rings is 1. The van der Waals surface area contributed by atoms with Crippen LogP contribution in [0.5, 0.6) is 0 Å². The Hall–Kier alpha value is -2.20. The second-order valence-corrected chi connectivity index (χ2v) is 8.37. The average Bonchev–Trinajstić information content (AvgIpc) is 3.06. The molecule has 2 heterocycles. The molecule has 27 heavy (non-hydrogen) atoms. The summed E-state index contributed by atoms with van der Waals surface area (Å²) >= 11 is 1.67. The molecule has 0 spiro atoms. The Morgan fingerprint density at radius 2 is 1.74 bits per heavy atom. The first kappa shape index (κ1) is 18.2. The molecule has 1 fully saturated rings. The Morgan fingerprint density at radius 1 is 1.00 bits per heavy atom. The van der Waals surface area contributed by atoms with E-state index in [1.54, 1.807) is 11.8 Å². The topological polar surface area (TPSA) is 25.2 Å². The summed E-state index contributed by atoms with van der Waals surface area (Å²) in [6.07, 6.45) is 5.75. The minimum absolute atomic E-state index is 0.273. The number of hydrogen-bond donors (Lipinski definition) is 0. The van der Waals surface area contributed by atoms with Crippen molar-refractivity contribution in [2.75, 3.05) is 18.8 Å². The van der Waals surface area contributed by atoms with Crippen molar-refractivity contribution in [1.82, 2.24) is 9.47 Å². The van der Waals surface area contributed by atoms with Crippen LogP contribution in [-0.2, 0) is 11.3 Å². The number of hydrogen-bond acceptors (Lipinski definition) is 2. The van der Waals surface area contributed by atoms with Crippen LogP contribution in [0.2, 0.25) is 0 Å². The van der Waals surface area contributed by atoms with Crippen molar-refractivity contribution in [3.05, 3.63) is 65.9 Å². The van der Waals surface area contributed by atoms with Gasteiger partial charge in [-0.05, 0) is 37.8 Å². The van der Waals surface area contributed by atoms with Gasteiger partial charge in [0.05, 0.1) is 5.75 Å². The van der Waals surface area contributed by atoms with Gasteiger partial charge in [0.15, 0.2) is 0 Å². The van der Waals surface area contributed by atoms with Crippen LogP contribution in [-0.4, -0.2) is 34.2 Å². The number of benzene rings is 2. The minimum Gasteiger partial charge on any atom is -0.342 e. The lowest BCUT2D eigenvalue weighted by Gasteiger charge is -2.26. The van der Waals surface area contributed by atoms with Crippen molar-refractivity contribution in [2.45, 2.75) is 37.6 Å². The van der Waals surface area contributed by atoms with Gasteiger partial charge in [0.2, 0.25) is 5.91 Å². The average molecular weight is 379 g/mol. The number of likely N-dealkylation sites (tertiary alicyclic amines) is 1. The van der Waals surface area contributed by atoms with Gasteiger partial charge in [0.25, 0.3) is 0 Å². The number of rotatable bonds is 5. The van der Waals surface area contributed by atoms with Gasteiger partial charge in [0, 0.05) is 41.6 Å². The molecule has 0 unspecified atom stereocenters. The smallest absolute Gasteiger partial charge is 0.232 e. The largest absolute Gasteiger partial charge is 0.342 e.